The summed E-state index contributed by atoms with van der Waals surface area (Å²) >= 11 is 4.86. The third-order valence-corrected chi connectivity index (χ3v) is 2.05. The van der Waals surface area contributed by atoms with Gasteiger partial charge in [-0.15, -0.1) is 0 Å². The van der Waals surface area contributed by atoms with Gasteiger partial charge in [0.15, 0.2) is 11.6 Å². The molecule has 0 saturated heterocycles. The molecule has 2 aromatic heterocycles. The first-order valence-electron chi connectivity index (χ1n) is 4.51. The van der Waals surface area contributed by atoms with Crippen LogP contribution < -0.4 is 11.1 Å². The summed E-state index contributed by atoms with van der Waals surface area (Å²) < 4.78 is 4.93. The van der Waals surface area contributed by atoms with Gasteiger partial charge in [-0.05, 0) is 0 Å². The lowest BCUT2D eigenvalue weighted by molar-refractivity contribution is 0.388. The standard InChI is InChI=1S/C9H9N5OS/c10-8(16)7-9(12-4-3-11-7)13-5-6-1-2-14-15-6/h1-4H,5H2,(H2,10,16)(H,12,13). The van der Waals surface area contributed by atoms with Gasteiger partial charge in [0, 0.05) is 18.5 Å². The Morgan fingerprint density at radius 2 is 2.19 bits per heavy atom. The van der Waals surface area contributed by atoms with E-state index in [1.165, 1.54) is 6.20 Å². The largest absolute Gasteiger partial charge is 0.388 e. The summed E-state index contributed by atoms with van der Waals surface area (Å²) in [5.41, 5.74) is 5.99. The second-order valence-corrected chi connectivity index (χ2v) is 3.39. The Hall–Kier alpha value is -2.02. The second kappa shape index (κ2) is 4.67. The van der Waals surface area contributed by atoms with Crippen LogP contribution in [0, 0.1) is 0 Å². The number of thiocarbonyl (C=S) groups is 1. The predicted octanol–water partition coefficient (Wildman–Crippen LogP) is 0.711. The molecule has 0 fully saturated rings. The van der Waals surface area contributed by atoms with Crippen LogP contribution >= 0.6 is 12.2 Å². The Labute approximate surface area is 96.9 Å². The van der Waals surface area contributed by atoms with Crippen molar-refractivity contribution < 1.29 is 4.52 Å². The van der Waals surface area contributed by atoms with Gasteiger partial charge < -0.3 is 15.6 Å². The van der Waals surface area contributed by atoms with Gasteiger partial charge in [0.25, 0.3) is 0 Å². The molecule has 0 amide bonds. The lowest BCUT2D eigenvalue weighted by atomic mass is 10.4. The fraction of sp³-hybridized carbons (Fsp3) is 0.111. The Morgan fingerprint density at radius 1 is 1.38 bits per heavy atom. The van der Waals surface area contributed by atoms with E-state index in [9.17, 15) is 0 Å². The highest BCUT2D eigenvalue weighted by molar-refractivity contribution is 7.80. The molecule has 6 nitrogen and oxygen atoms in total. The van der Waals surface area contributed by atoms with Gasteiger partial charge in [0.1, 0.15) is 10.7 Å². The van der Waals surface area contributed by atoms with E-state index in [4.69, 9.17) is 22.5 Å². The minimum atomic E-state index is 0.202. The highest BCUT2D eigenvalue weighted by Crippen LogP contribution is 2.09. The average molecular weight is 235 g/mol. The summed E-state index contributed by atoms with van der Waals surface area (Å²) in [6.07, 6.45) is 4.67. The molecule has 7 heteroatoms. The Bertz CT molecular complexity index is 484. The van der Waals surface area contributed by atoms with E-state index in [0.29, 0.717) is 23.8 Å². The van der Waals surface area contributed by atoms with Crippen LogP contribution in [0.3, 0.4) is 0 Å². The molecule has 0 bridgehead atoms. The zero-order chi connectivity index (χ0) is 11.4. The van der Waals surface area contributed by atoms with Crippen LogP contribution in [0.15, 0.2) is 29.2 Å². The first-order chi connectivity index (χ1) is 7.77. The molecule has 0 radical (unpaired) electrons. The van der Waals surface area contributed by atoms with E-state index >= 15 is 0 Å². The van der Waals surface area contributed by atoms with Crippen LogP contribution in [0.5, 0.6) is 0 Å². The van der Waals surface area contributed by atoms with Crippen LogP contribution in [-0.4, -0.2) is 20.1 Å². The second-order valence-electron chi connectivity index (χ2n) is 2.95. The van der Waals surface area contributed by atoms with Crippen molar-refractivity contribution in [2.24, 2.45) is 5.73 Å². The minimum Gasteiger partial charge on any atom is -0.388 e. The molecule has 2 aromatic rings. The van der Waals surface area contributed by atoms with Crippen LogP contribution in [0.2, 0.25) is 0 Å². The highest BCUT2D eigenvalue weighted by Gasteiger charge is 2.07. The van der Waals surface area contributed by atoms with Crippen molar-refractivity contribution in [2.75, 3.05) is 5.32 Å². The molecule has 2 rings (SSSR count). The van der Waals surface area contributed by atoms with Gasteiger partial charge in [-0.1, -0.05) is 17.4 Å². The maximum atomic E-state index is 5.52. The summed E-state index contributed by atoms with van der Waals surface area (Å²) in [6.45, 7) is 0.453. The quantitative estimate of drug-likeness (QED) is 0.754. The molecule has 0 atom stereocenters. The Morgan fingerprint density at radius 3 is 2.88 bits per heavy atom. The molecule has 3 N–H and O–H groups in total. The zero-order valence-electron chi connectivity index (χ0n) is 8.25. The summed E-state index contributed by atoms with van der Waals surface area (Å²) in [6, 6.07) is 1.75. The van der Waals surface area contributed by atoms with E-state index in [0.717, 1.165) is 0 Å². The molecule has 0 aromatic carbocycles. The number of hydrogen-bond acceptors (Lipinski definition) is 6. The Balaban J connectivity index is 2.12. The molecule has 0 spiro atoms. The van der Waals surface area contributed by atoms with E-state index in [2.05, 4.69) is 20.4 Å². The van der Waals surface area contributed by atoms with Crippen molar-refractivity contribution >= 4 is 23.0 Å². The molecule has 0 saturated carbocycles. The summed E-state index contributed by atoms with van der Waals surface area (Å²) in [7, 11) is 0. The van der Waals surface area contributed by atoms with E-state index in [-0.39, 0.29) is 4.99 Å². The summed E-state index contributed by atoms with van der Waals surface area (Å²) in [5.74, 6) is 1.23. The average Bonchev–Trinajstić information content (AvgIpc) is 2.79. The number of nitrogens with one attached hydrogen (secondary N) is 1. The lowest BCUT2D eigenvalue weighted by Crippen LogP contribution is -2.16. The molecule has 82 valence electrons. The lowest BCUT2D eigenvalue weighted by Gasteiger charge is -2.06. The topological polar surface area (TPSA) is 89.9 Å². The van der Waals surface area contributed by atoms with Gasteiger partial charge in [-0.25, -0.2) is 9.97 Å². The molecule has 0 aliphatic heterocycles. The third-order valence-electron chi connectivity index (χ3n) is 1.85. The smallest absolute Gasteiger partial charge is 0.155 e. The van der Waals surface area contributed by atoms with Crippen molar-refractivity contribution in [3.8, 4) is 0 Å². The normalized spacial score (nSPS) is 10.0. The molecule has 0 aliphatic carbocycles. The number of hydrogen-bond donors (Lipinski definition) is 2. The Kier molecular flexibility index (Phi) is 3.06. The number of nitrogens with two attached hydrogens (primary N) is 1. The van der Waals surface area contributed by atoms with E-state index in [1.807, 2.05) is 0 Å². The van der Waals surface area contributed by atoms with E-state index in [1.54, 1.807) is 18.5 Å². The van der Waals surface area contributed by atoms with Gasteiger partial charge in [-0.3, -0.25) is 0 Å². The molecule has 0 unspecified atom stereocenters. The van der Waals surface area contributed by atoms with Gasteiger partial charge >= 0.3 is 0 Å². The number of nitrogens with zero attached hydrogens (tertiary/aromatic N) is 3. The molecular weight excluding hydrogens is 226 g/mol. The fourth-order valence-corrected chi connectivity index (χ4v) is 1.30. The van der Waals surface area contributed by atoms with Gasteiger partial charge in [0.05, 0.1) is 12.7 Å². The monoisotopic (exact) mass is 235 g/mol. The number of aromatic nitrogens is 3. The highest BCUT2D eigenvalue weighted by atomic mass is 32.1. The maximum Gasteiger partial charge on any atom is 0.155 e. The summed E-state index contributed by atoms with van der Waals surface area (Å²) in [4.78, 5) is 8.34. The van der Waals surface area contributed by atoms with Crippen molar-refractivity contribution in [2.45, 2.75) is 6.54 Å². The predicted molar refractivity (Wildman–Crippen MR) is 61.7 cm³/mol. The van der Waals surface area contributed by atoms with Crippen molar-refractivity contribution in [3.63, 3.8) is 0 Å². The number of anilines is 1. The summed E-state index contributed by atoms with van der Waals surface area (Å²) in [5, 5.41) is 6.61. The fourth-order valence-electron chi connectivity index (χ4n) is 1.15. The molecule has 16 heavy (non-hydrogen) atoms. The first kappa shape index (κ1) is 10.5. The van der Waals surface area contributed by atoms with Gasteiger partial charge in [0.2, 0.25) is 0 Å². The van der Waals surface area contributed by atoms with Crippen molar-refractivity contribution in [1.29, 1.82) is 0 Å². The third kappa shape index (κ3) is 2.31. The molecule has 0 aliphatic rings. The number of rotatable bonds is 4. The maximum absolute atomic E-state index is 5.52. The van der Waals surface area contributed by atoms with Gasteiger partial charge in [-0.2, -0.15) is 0 Å². The van der Waals surface area contributed by atoms with Crippen LogP contribution in [0.1, 0.15) is 11.5 Å². The molecule has 2 heterocycles. The van der Waals surface area contributed by atoms with E-state index < -0.39 is 0 Å². The van der Waals surface area contributed by atoms with Crippen molar-refractivity contribution in [1.82, 2.24) is 15.1 Å². The van der Waals surface area contributed by atoms with Crippen LogP contribution in [0.25, 0.3) is 0 Å². The minimum absolute atomic E-state index is 0.202. The van der Waals surface area contributed by atoms with Crippen LogP contribution in [-0.2, 0) is 6.54 Å². The molecular formula is C9H9N5OS. The van der Waals surface area contributed by atoms with Crippen LogP contribution in [0.4, 0.5) is 5.82 Å². The first-order valence-corrected chi connectivity index (χ1v) is 4.92. The SMILES string of the molecule is NC(=S)c1nccnc1NCc1ccno1. The van der Waals surface area contributed by atoms with Crippen molar-refractivity contribution in [3.05, 3.63) is 36.1 Å². The zero-order valence-corrected chi connectivity index (χ0v) is 9.07.